The van der Waals surface area contributed by atoms with Crippen LogP contribution in [0.3, 0.4) is 0 Å². The Balaban J connectivity index is 1.00. The van der Waals surface area contributed by atoms with Crippen LogP contribution in [0.15, 0.2) is 102 Å². The Bertz CT molecular complexity index is 2730. The summed E-state index contributed by atoms with van der Waals surface area (Å²) in [6.45, 7) is 8.78. The van der Waals surface area contributed by atoms with Crippen molar-refractivity contribution in [3.8, 4) is 23.8 Å². The maximum absolute atomic E-state index is 14.1. The maximum Gasteiger partial charge on any atom is 0.407 e. The van der Waals surface area contributed by atoms with Crippen LogP contribution in [0.1, 0.15) is 65.8 Å². The molecule has 6 aromatic rings. The molecule has 4 atom stereocenters. The lowest BCUT2D eigenvalue weighted by atomic mass is 9.99. The van der Waals surface area contributed by atoms with Crippen LogP contribution < -0.4 is 16.0 Å². The molecule has 2 amide bonds. The summed E-state index contributed by atoms with van der Waals surface area (Å²) in [6.07, 6.45) is 13.5. The van der Waals surface area contributed by atoms with Crippen molar-refractivity contribution in [2.75, 3.05) is 53.4 Å². The van der Waals surface area contributed by atoms with Crippen molar-refractivity contribution in [2.45, 2.75) is 56.6 Å². The number of amides is 2. The van der Waals surface area contributed by atoms with Crippen LogP contribution in [0, 0.1) is 12.3 Å². The van der Waals surface area contributed by atoms with Crippen LogP contribution in [-0.2, 0) is 22.6 Å². The first-order valence-electron chi connectivity index (χ1n) is 22.1. The van der Waals surface area contributed by atoms with Gasteiger partial charge in [-0.3, -0.25) is 14.6 Å². The second-order valence-electron chi connectivity index (χ2n) is 16.5. The fraction of sp³-hybridized carbons (Fsp3) is 0.340. The highest BCUT2D eigenvalue weighted by atomic mass is 16.5. The monoisotopic (exact) mass is 876 g/mol. The van der Waals surface area contributed by atoms with Crippen molar-refractivity contribution in [3.63, 3.8) is 0 Å². The van der Waals surface area contributed by atoms with Gasteiger partial charge in [0.25, 0.3) is 0 Å². The van der Waals surface area contributed by atoms with Crippen LogP contribution in [0.2, 0.25) is 0 Å². The summed E-state index contributed by atoms with van der Waals surface area (Å²) in [7, 11) is 3.40. The molecule has 15 nitrogen and oxygen atoms in total. The molecule has 4 heterocycles. The quantitative estimate of drug-likeness (QED) is 0.0530. The first-order valence-corrected chi connectivity index (χ1v) is 22.1. The highest BCUT2D eigenvalue weighted by Gasteiger charge is 2.34. The fourth-order valence-electron chi connectivity index (χ4n) is 8.64. The maximum atomic E-state index is 14.1. The lowest BCUT2D eigenvalue weighted by Gasteiger charge is -2.43. The topological polar surface area (TPSA) is 172 Å². The third-order valence-electron chi connectivity index (χ3n) is 12.1. The van der Waals surface area contributed by atoms with Gasteiger partial charge in [0.15, 0.2) is 0 Å². The largest absolute Gasteiger partial charge is 0.453 e. The highest BCUT2D eigenvalue weighted by Crippen LogP contribution is 2.33. The summed E-state index contributed by atoms with van der Waals surface area (Å²) in [5, 5.41) is 16.5. The minimum absolute atomic E-state index is 0.125. The Morgan fingerprint density at radius 2 is 1.74 bits per heavy atom. The number of hydrogen-bond donors (Lipinski definition) is 4. The van der Waals surface area contributed by atoms with E-state index < -0.39 is 18.4 Å². The molecule has 0 saturated carbocycles. The molecule has 1 aliphatic heterocycles. The number of terminal acetylenes is 1. The zero-order chi connectivity index (χ0) is 45.3. The minimum atomic E-state index is -0.952. The number of aliphatic hydroxyl groups excluding tert-OH is 1. The third-order valence-corrected chi connectivity index (χ3v) is 12.1. The molecule has 15 heteroatoms. The Morgan fingerprint density at radius 3 is 2.46 bits per heavy atom. The number of aromatic nitrogens is 5. The van der Waals surface area contributed by atoms with E-state index >= 15 is 0 Å². The molecule has 0 bridgehead atoms. The molecular formula is C50H56N10O5. The fourth-order valence-corrected chi connectivity index (χ4v) is 8.64. The van der Waals surface area contributed by atoms with Crippen molar-refractivity contribution >= 4 is 35.2 Å². The number of imidazole rings is 2. The third kappa shape index (κ3) is 10.4. The molecule has 2 aliphatic rings. The van der Waals surface area contributed by atoms with Gasteiger partial charge in [-0.15, -0.1) is 18.9 Å². The number of oxazole rings is 1. The number of aliphatic hydroxyl groups is 1. The molecule has 1 fully saturated rings. The van der Waals surface area contributed by atoms with E-state index in [-0.39, 0.29) is 24.4 Å². The number of alkyl carbamates (subject to hydrolysis) is 1. The first-order chi connectivity index (χ1) is 31.7. The molecule has 1 aliphatic carbocycles. The predicted molar refractivity (Wildman–Crippen MR) is 249 cm³/mol. The summed E-state index contributed by atoms with van der Waals surface area (Å²) < 4.78 is 11.3. The van der Waals surface area contributed by atoms with Gasteiger partial charge in [-0.05, 0) is 49.2 Å². The van der Waals surface area contributed by atoms with Gasteiger partial charge in [-0.25, -0.2) is 19.7 Å². The van der Waals surface area contributed by atoms with Crippen molar-refractivity contribution < 1.29 is 23.8 Å². The molecule has 0 radical (unpaired) electrons. The van der Waals surface area contributed by atoms with E-state index in [4.69, 9.17) is 30.5 Å². The van der Waals surface area contributed by atoms with Gasteiger partial charge in [0, 0.05) is 51.6 Å². The van der Waals surface area contributed by atoms with E-state index in [0.717, 1.165) is 53.5 Å². The standard InChI is InChI=1S/C50H56N10O5/c1-5-7-24-59(48(61)44(56-50(63)64-4)34-16-11-9-12-17-34)32-42-52-38-23-22-36(30-40(38)54-42)41-31-51-47(65-41)37-20-15-21-39-45(37)55-43(53-39)33-60(25-8-6-2)49(62)46(35-18-13-10-14-19-35)58-28-26-57(3)27-29-58/h2,5,9-21,23,30-31,36,44,46,49,62H,1,7-8,22,24-29,32-33H2,3-4H3,(H,52,54)(H,53,55)(H,56,63). The predicted octanol–water partition coefficient (Wildman–Crippen LogP) is 4.82. The smallest absolute Gasteiger partial charge is 0.407 e. The molecule has 8 rings (SSSR count). The molecule has 1 saturated heterocycles. The zero-order valence-electron chi connectivity index (χ0n) is 36.9. The zero-order valence-corrected chi connectivity index (χ0v) is 36.9. The SMILES string of the molecule is C#CCCN(Cc1nc2c(-c3ncc(C4C=c5[nH]c(CN(CCC=C)C(=O)C(NC(=O)OC)c6ccccc6)nc5=CC4)o3)cccc2[nH]1)C(O)C(c1ccccc1)N1CCN(C)CC1. The molecule has 65 heavy (non-hydrogen) atoms. The molecule has 336 valence electrons. The van der Waals surface area contributed by atoms with E-state index in [1.165, 1.54) is 7.11 Å². The van der Waals surface area contributed by atoms with Gasteiger partial charge < -0.3 is 39.3 Å². The number of nitrogens with one attached hydrogen (secondary N) is 3. The number of ether oxygens (including phenoxy) is 1. The van der Waals surface area contributed by atoms with Gasteiger partial charge in [0.1, 0.15) is 35.2 Å². The second kappa shape index (κ2) is 20.8. The highest BCUT2D eigenvalue weighted by molar-refractivity contribution is 5.89. The van der Waals surface area contributed by atoms with Crippen LogP contribution in [0.25, 0.3) is 34.6 Å². The Kier molecular flexibility index (Phi) is 14.3. The number of carbonyl (C=O) groups is 2. The second-order valence-corrected chi connectivity index (χ2v) is 16.5. The number of carbonyl (C=O) groups excluding carboxylic acids is 2. The van der Waals surface area contributed by atoms with Crippen molar-refractivity contribution in [2.24, 2.45) is 0 Å². The van der Waals surface area contributed by atoms with Crippen molar-refractivity contribution in [1.82, 2.24) is 49.8 Å². The van der Waals surface area contributed by atoms with Gasteiger partial charge in [-0.2, -0.15) is 0 Å². The van der Waals surface area contributed by atoms with E-state index in [2.05, 4.69) is 68.9 Å². The van der Waals surface area contributed by atoms with Crippen LogP contribution >= 0.6 is 0 Å². The van der Waals surface area contributed by atoms with Gasteiger partial charge in [0.05, 0.1) is 54.2 Å². The summed E-state index contributed by atoms with van der Waals surface area (Å²) >= 11 is 0. The average molecular weight is 877 g/mol. The molecule has 0 spiro atoms. The lowest BCUT2D eigenvalue weighted by molar-refractivity contribution is -0.134. The number of hydrogen-bond acceptors (Lipinski definition) is 11. The average Bonchev–Trinajstić information content (AvgIpc) is 4.10. The van der Waals surface area contributed by atoms with E-state index in [9.17, 15) is 14.7 Å². The first kappa shape index (κ1) is 44.8. The molecule has 4 N–H and O–H groups in total. The van der Waals surface area contributed by atoms with E-state index in [1.807, 2.05) is 59.5 Å². The Morgan fingerprint density at radius 1 is 1.00 bits per heavy atom. The number of para-hydroxylation sites is 1. The summed E-state index contributed by atoms with van der Waals surface area (Å²) in [5.41, 5.74) is 3.98. The van der Waals surface area contributed by atoms with Crippen molar-refractivity contribution in [1.29, 1.82) is 0 Å². The minimum Gasteiger partial charge on any atom is -0.453 e. The Hall–Kier alpha value is -6.83. The van der Waals surface area contributed by atoms with Gasteiger partial charge in [0.2, 0.25) is 11.8 Å². The molecular weight excluding hydrogens is 821 g/mol. The number of fused-ring (bicyclic) bond motifs is 2. The number of likely N-dealkylation sites (N-methyl/N-ethyl adjacent to an activating group) is 1. The lowest BCUT2D eigenvalue weighted by Crippen LogP contribution is -2.52. The summed E-state index contributed by atoms with van der Waals surface area (Å²) in [5.74, 6) is 4.77. The van der Waals surface area contributed by atoms with Crippen LogP contribution in [-0.4, -0.2) is 121 Å². The van der Waals surface area contributed by atoms with Crippen LogP contribution in [0.5, 0.6) is 0 Å². The number of nitrogens with zero attached hydrogens (tertiary/aromatic N) is 7. The van der Waals surface area contributed by atoms with Crippen molar-refractivity contribution in [3.05, 3.63) is 137 Å². The number of aromatic amines is 2. The molecule has 3 aromatic carbocycles. The van der Waals surface area contributed by atoms with E-state index in [0.29, 0.717) is 73.3 Å². The number of H-pyrrole nitrogens is 2. The normalized spacial score (nSPS) is 16.7. The number of rotatable bonds is 18. The summed E-state index contributed by atoms with van der Waals surface area (Å²) in [4.78, 5) is 56.3. The van der Waals surface area contributed by atoms with Crippen LogP contribution in [0.4, 0.5) is 4.79 Å². The number of methoxy groups -OCH3 is 1. The molecule has 3 aromatic heterocycles. The number of benzene rings is 3. The van der Waals surface area contributed by atoms with Gasteiger partial charge in [-0.1, -0.05) is 78.9 Å². The van der Waals surface area contributed by atoms with Gasteiger partial charge >= 0.3 is 6.09 Å². The van der Waals surface area contributed by atoms with E-state index in [1.54, 1.807) is 29.3 Å². The Labute approximate surface area is 378 Å². The number of piperazine rings is 1. The molecule has 4 unspecified atom stereocenters. The summed E-state index contributed by atoms with van der Waals surface area (Å²) in [6, 6.07) is 23.9.